The maximum absolute atomic E-state index is 10.6. The van der Waals surface area contributed by atoms with E-state index < -0.39 is 5.91 Å². The lowest BCUT2D eigenvalue weighted by atomic mass is 10.2. The van der Waals surface area contributed by atoms with Crippen LogP contribution in [0.15, 0.2) is 10.4 Å². The molecule has 1 aromatic rings. The zero-order chi connectivity index (χ0) is 9.84. The van der Waals surface area contributed by atoms with Gasteiger partial charge in [-0.15, -0.1) is 23.1 Å². The minimum absolute atomic E-state index is 0.154. The first-order chi connectivity index (χ1) is 6.13. The molecule has 6 heteroatoms. The minimum atomic E-state index is -0.395. The van der Waals surface area contributed by atoms with Crippen LogP contribution in [0.2, 0.25) is 0 Å². The third-order valence-corrected chi connectivity index (χ3v) is 3.62. The predicted octanol–water partition coefficient (Wildman–Crippen LogP) is 0.740. The number of amides is 1. The Labute approximate surface area is 84.7 Å². The first kappa shape index (κ1) is 10.5. The van der Waals surface area contributed by atoms with Gasteiger partial charge < -0.3 is 11.5 Å². The van der Waals surface area contributed by atoms with Crippen molar-refractivity contribution in [3.63, 3.8) is 0 Å². The predicted molar refractivity (Wildman–Crippen MR) is 54.6 cm³/mol. The summed E-state index contributed by atoms with van der Waals surface area (Å²) in [5.41, 5.74) is 10.7. The van der Waals surface area contributed by atoms with E-state index in [0.29, 0.717) is 0 Å². The number of aromatic nitrogens is 1. The van der Waals surface area contributed by atoms with Gasteiger partial charge in [0.2, 0.25) is 5.91 Å². The van der Waals surface area contributed by atoms with Crippen LogP contribution in [-0.4, -0.2) is 17.1 Å². The fraction of sp³-hybridized carbons (Fsp3) is 0.429. The molecule has 4 N–H and O–H groups in total. The summed E-state index contributed by atoms with van der Waals surface area (Å²) in [6.45, 7) is 0. The fourth-order valence-corrected chi connectivity index (χ4v) is 2.24. The molecule has 0 aliphatic carbocycles. The highest BCUT2D eigenvalue weighted by Crippen LogP contribution is 2.26. The van der Waals surface area contributed by atoms with E-state index >= 15 is 0 Å². The van der Waals surface area contributed by atoms with Crippen molar-refractivity contribution in [1.29, 1.82) is 0 Å². The third kappa shape index (κ3) is 2.98. The van der Waals surface area contributed by atoms with Crippen LogP contribution >= 0.6 is 23.1 Å². The molecule has 1 rings (SSSR count). The van der Waals surface area contributed by atoms with Crippen LogP contribution in [0.25, 0.3) is 0 Å². The van der Waals surface area contributed by atoms with Crippen molar-refractivity contribution >= 4 is 29.0 Å². The van der Waals surface area contributed by atoms with E-state index in [1.807, 2.05) is 6.26 Å². The molecule has 0 radical (unpaired) electrons. The molecule has 0 saturated heterocycles. The highest BCUT2D eigenvalue weighted by Gasteiger charge is 2.12. The van der Waals surface area contributed by atoms with Crippen molar-refractivity contribution < 1.29 is 4.79 Å². The van der Waals surface area contributed by atoms with E-state index in [-0.39, 0.29) is 12.5 Å². The summed E-state index contributed by atoms with van der Waals surface area (Å²) in [6, 6.07) is -0.358. The van der Waals surface area contributed by atoms with Crippen LogP contribution < -0.4 is 11.5 Å². The van der Waals surface area contributed by atoms with Crippen LogP contribution in [0.3, 0.4) is 0 Å². The van der Waals surface area contributed by atoms with Gasteiger partial charge in [0.05, 0.1) is 16.4 Å². The van der Waals surface area contributed by atoms with E-state index in [1.54, 1.807) is 18.0 Å². The number of carbonyl (C=O) groups is 1. The third-order valence-electron chi connectivity index (χ3n) is 1.44. The molecule has 0 fully saturated rings. The van der Waals surface area contributed by atoms with Crippen molar-refractivity contribution in [2.24, 2.45) is 11.5 Å². The van der Waals surface area contributed by atoms with Gasteiger partial charge in [0, 0.05) is 6.42 Å². The van der Waals surface area contributed by atoms with Crippen molar-refractivity contribution in [2.45, 2.75) is 16.7 Å². The van der Waals surface area contributed by atoms with Crippen LogP contribution in [-0.2, 0) is 4.79 Å². The Morgan fingerprint density at radius 1 is 1.85 bits per heavy atom. The van der Waals surface area contributed by atoms with E-state index in [0.717, 1.165) is 9.22 Å². The molecular formula is C7H11N3OS2. The van der Waals surface area contributed by atoms with Crippen molar-refractivity contribution in [1.82, 2.24) is 4.98 Å². The average molecular weight is 217 g/mol. The van der Waals surface area contributed by atoms with Gasteiger partial charge in [-0.1, -0.05) is 0 Å². The molecular weight excluding hydrogens is 206 g/mol. The van der Waals surface area contributed by atoms with E-state index in [2.05, 4.69) is 4.98 Å². The lowest BCUT2D eigenvalue weighted by Gasteiger charge is -2.03. The summed E-state index contributed by atoms with van der Waals surface area (Å²) in [7, 11) is 0. The number of nitrogens with zero attached hydrogens (tertiary/aromatic N) is 1. The molecule has 13 heavy (non-hydrogen) atoms. The summed E-state index contributed by atoms with van der Waals surface area (Å²) in [5.74, 6) is -0.395. The van der Waals surface area contributed by atoms with Crippen LogP contribution in [0.4, 0.5) is 0 Å². The van der Waals surface area contributed by atoms with Crippen molar-refractivity contribution in [3.8, 4) is 0 Å². The molecule has 1 aromatic heterocycles. The van der Waals surface area contributed by atoms with Gasteiger partial charge in [-0.3, -0.25) is 4.79 Å². The number of thioether (sulfide) groups is 1. The maximum atomic E-state index is 10.6. The first-order valence-corrected chi connectivity index (χ1v) is 5.71. The molecule has 0 saturated carbocycles. The normalized spacial score (nSPS) is 12.8. The van der Waals surface area contributed by atoms with Gasteiger partial charge >= 0.3 is 0 Å². The quantitative estimate of drug-likeness (QED) is 0.729. The number of rotatable bonds is 4. The molecule has 0 bridgehead atoms. The Hall–Kier alpha value is -0.590. The van der Waals surface area contributed by atoms with Gasteiger partial charge in [0.25, 0.3) is 0 Å². The molecule has 0 spiro atoms. The maximum Gasteiger partial charge on any atom is 0.219 e. The van der Waals surface area contributed by atoms with Gasteiger partial charge in [-0.25, -0.2) is 4.98 Å². The minimum Gasteiger partial charge on any atom is -0.370 e. The summed E-state index contributed by atoms with van der Waals surface area (Å²) >= 11 is 3.11. The topological polar surface area (TPSA) is 82.0 Å². The fourth-order valence-electron chi connectivity index (χ4n) is 0.842. The number of carbonyl (C=O) groups excluding carboxylic acids is 1. The van der Waals surface area contributed by atoms with Crippen LogP contribution in [0, 0.1) is 0 Å². The van der Waals surface area contributed by atoms with Crippen LogP contribution in [0.1, 0.15) is 17.5 Å². The number of nitrogens with two attached hydrogens (primary N) is 2. The zero-order valence-electron chi connectivity index (χ0n) is 7.19. The standard InChI is InChI=1S/C7H11N3OS2/c1-12-6-3-10-7(13-6)4(8)2-5(9)11/h3-4H,2,8H2,1H3,(H2,9,11). The lowest BCUT2D eigenvalue weighted by Crippen LogP contribution is -2.20. The Bertz CT molecular complexity index is 300. The summed E-state index contributed by atoms with van der Waals surface area (Å²) in [5, 5.41) is 0.767. The van der Waals surface area contributed by atoms with Crippen molar-refractivity contribution in [2.75, 3.05) is 6.26 Å². The lowest BCUT2D eigenvalue weighted by molar-refractivity contribution is -0.118. The van der Waals surface area contributed by atoms with E-state index in [4.69, 9.17) is 11.5 Å². The molecule has 4 nitrogen and oxygen atoms in total. The number of hydrogen-bond acceptors (Lipinski definition) is 5. The second kappa shape index (κ2) is 4.59. The summed E-state index contributed by atoms with van der Waals surface area (Å²) in [4.78, 5) is 14.7. The van der Waals surface area contributed by atoms with E-state index in [1.165, 1.54) is 11.3 Å². The van der Waals surface area contributed by atoms with Gasteiger partial charge in [0.15, 0.2) is 0 Å². The second-order valence-electron chi connectivity index (χ2n) is 2.50. The Kier molecular flexibility index (Phi) is 3.71. The molecule has 0 aromatic carbocycles. The highest BCUT2D eigenvalue weighted by molar-refractivity contribution is 8.00. The average Bonchev–Trinajstić information content (AvgIpc) is 2.50. The molecule has 1 atom stereocenters. The van der Waals surface area contributed by atoms with E-state index in [9.17, 15) is 4.79 Å². The van der Waals surface area contributed by atoms with Gasteiger partial charge in [-0.2, -0.15) is 0 Å². The first-order valence-electron chi connectivity index (χ1n) is 3.67. The molecule has 1 heterocycles. The molecule has 1 unspecified atom stereocenters. The zero-order valence-corrected chi connectivity index (χ0v) is 8.82. The number of thiazole rings is 1. The molecule has 0 aliphatic rings. The Morgan fingerprint density at radius 3 is 3.00 bits per heavy atom. The Balaban J connectivity index is 2.65. The van der Waals surface area contributed by atoms with Crippen LogP contribution in [0.5, 0.6) is 0 Å². The van der Waals surface area contributed by atoms with Gasteiger partial charge in [0.1, 0.15) is 5.01 Å². The smallest absolute Gasteiger partial charge is 0.219 e. The summed E-state index contributed by atoms with van der Waals surface area (Å²) in [6.07, 6.45) is 3.88. The monoisotopic (exact) mass is 217 g/mol. The number of primary amides is 1. The molecule has 1 amide bonds. The SMILES string of the molecule is CSc1cnc(C(N)CC(N)=O)s1. The van der Waals surface area contributed by atoms with Gasteiger partial charge in [-0.05, 0) is 6.26 Å². The second-order valence-corrected chi connectivity index (χ2v) is 4.67. The largest absolute Gasteiger partial charge is 0.370 e. The van der Waals surface area contributed by atoms with Crippen molar-refractivity contribution in [3.05, 3.63) is 11.2 Å². The Morgan fingerprint density at radius 2 is 2.54 bits per heavy atom. The molecule has 0 aliphatic heterocycles. The number of hydrogen-bond donors (Lipinski definition) is 2. The summed E-state index contributed by atoms with van der Waals surface area (Å²) < 4.78 is 1.09. The highest BCUT2D eigenvalue weighted by atomic mass is 32.2. The molecule has 72 valence electrons.